The summed E-state index contributed by atoms with van der Waals surface area (Å²) in [6.07, 6.45) is 0.716. The predicted octanol–water partition coefficient (Wildman–Crippen LogP) is 0.487. The SMILES string of the molecule is CCN(C(C)=O)C1(C(=O)O)CC(OC)C1. The molecule has 0 aliphatic heterocycles. The van der Waals surface area contributed by atoms with Crippen LogP contribution in [0.25, 0.3) is 0 Å². The number of methoxy groups -OCH3 is 1. The summed E-state index contributed by atoms with van der Waals surface area (Å²) in [5.74, 6) is -1.14. The molecule has 86 valence electrons. The lowest BCUT2D eigenvalue weighted by molar-refractivity contribution is -0.176. The van der Waals surface area contributed by atoms with Gasteiger partial charge in [0.1, 0.15) is 5.54 Å². The Labute approximate surface area is 89.0 Å². The first kappa shape index (κ1) is 12.0. The molecular weight excluding hydrogens is 198 g/mol. The maximum Gasteiger partial charge on any atom is 0.329 e. The number of amides is 1. The van der Waals surface area contributed by atoms with Crippen LogP contribution in [0.1, 0.15) is 26.7 Å². The van der Waals surface area contributed by atoms with Crippen molar-refractivity contribution < 1.29 is 19.4 Å². The van der Waals surface area contributed by atoms with E-state index < -0.39 is 11.5 Å². The fourth-order valence-electron chi connectivity index (χ4n) is 2.20. The van der Waals surface area contributed by atoms with Crippen LogP contribution < -0.4 is 0 Å². The zero-order valence-corrected chi connectivity index (χ0v) is 9.32. The molecule has 1 saturated carbocycles. The molecule has 0 radical (unpaired) electrons. The third-order valence-electron chi connectivity index (χ3n) is 3.08. The van der Waals surface area contributed by atoms with Gasteiger partial charge in [0.15, 0.2) is 0 Å². The number of aliphatic carboxylic acids is 1. The van der Waals surface area contributed by atoms with Gasteiger partial charge in [-0.2, -0.15) is 0 Å². The van der Waals surface area contributed by atoms with Crippen LogP contribution in [0.5, 0.6) is 0 Å². The van der Waals surface area contributed by atoms with Gasteiger partial charge >= 0.3 is 5.97 Å². The quantitative estimate of drug-likeness (QED) is 0.741. The van der Waals surface area contributed by atoms with Gasteiger partial charge in [-0.3, -0.25) is 4.79 Å². The van der Waals surface area contributed by atoms with Crippen LogP contribution in [0.3, 0.4) is 0 Å². The summed E-state index contributed by atoms with van der Waals surface area (Å²) in [7, 11) is 1.56. The number of carbonyl (C=O) groups is 2. The summed E-state index contributed by atoms with van der Waals surface area (Å²) in [4.78, 5) is 24.0. The van der Waals surface area contributed by atoms with Crippen molar-refractivity contribution in [2.24, 2.45) is 0 Å². The second-order valence-corrected chi connectivity index (χ2v) is 3.87. The van der Waals surface area contributed by atoms with E-state index in [0.29, 0.717) is 19.4 Å². The van der Waals surface area contributed by atoms with E-state index in [-0.39, 0.29) is 12.0 Å². The number of hydrogen-bond acceptors (Lipinski definition) is 3. The molecule has 5 nitrogen and oxygen atoms in total. The molecular formula is C10H17NO4. The van der Waals surface area contributed by atoms with Gasteiger partial charge in [0.25, 0.3) is 0 Å². The van der Waals surface area contributed by atoms with Crippen molar-refractivity contribution in [3.8, 4) is 0 Å². The van der Waals surface area contributed by atoms with Crippen LogP contribution in [0.15, 0.2) is 0 Å². The van der Waals surface area contributed by atoms with Gasteiger partial charge in [0, 0.05) is 33.4 Å². The molecule has 1 amide bonds. The number of nitrogens with zero attached hydrogens (tertiary/aromatic N) is 1. The lowest BCUT2D eigenvalue weighted by Crippen LogP contribution is -2.65. The van der Waals surface area contributed by atoms with Crippen molar-refractivity contribution in [1.29, 1.82) is 0 Å². The highest BCUT2D eigenvalue weighted by Crippen LogP contribution is 2.39. The van der Waals surface area contributed by atoms with Crippen LogP contribution in [-0.4, -0.2) is 47.2 Å². The summed E-state index contributed by atoms with van der Waals surface area (Å²) < 4.78 is 5.06. The molecule has 0 heterocycles. The minimum absolute atomic E-state index is 0.0468. The molecule has 1 rings (SSSR count). The lowest BCUT2D eigenvalue weighted by Gasteiger charge is -2.49. The number of carboxylic acids is 1. The Kier molecular flexibility index (Phi) is 3.34. The highest BCUT2D eigenvalue weighted by Gasteiger charge is 2.55. The van der Waals surface area contributed by atoms with Crippen molar-refractivity contribution in [3.63, 3.8) is 0 Å². The largest absolute Gasteiger partial charge is 0.479 e. The molecule has 0 saturated heterocycles. The van der Waals surface area contributed by atoms with Crippen LogP contribution in [0, 0.1) is 0 Å². The average Bonchev–Trinajstić information content (AvgIpc) is 2.08. The smallest absolute Gasteiger partial charge is 0.329 e. The highest BCUT2D eigenvalue weighted by atomic mass is 16.5. The summed E-state index contributed by atoms with van der Waals surface area (Å²) in [5, 5.41) is 9.20. The Morgan fingerprint density at radius 3 is 2.33 bits per heavy atom. The summed E-state index contributed by atoms with van der Waals surface area (Å²) >= 11 is 0. The Morgan fingerprint density at radius 1 is 1.53 bits per heavy atom. The standard InChI is InChI=1S/C10H17NO4/c1-4-11(7(2)12)10(9(13)14)5-8(6-10)15-3/h8H,4-6H2,1-3H3,(H,13,14). The predicted molar refractivity (Wildman–Crippen MR) is 53.5 cm³/mol. The van der Waals surface area contributed by atoms with Gasteiger partial charge in [0.2, 0.25) is 5.91 Å². The van der Waals surface area contributed by atoms with Gasteiger partial charge in [0.05, 0.1) is 6.10 Å². The second-order valence-electron chi connectivity index (χ2n) is 3.87. The number of rotatable bonds is 4. The zero-order valence-electron chi connectivity index (χ0n) is 9.32. The van der Waals surface area contributed by atoms with Crippen LogP contribution in [-0.2, 0) is 14.3 Å². The highest BCUT2D eigenvalue weighted by molar-refractivity contribution is 5.87. The molecule has 5 heteroatoms. The molecule has 1 N–H and O–H groups in total. The maximum atomic E-state index is 11.3. The van der Waals surface area contributed by atoms with Gasteiger partial charge in [-0.1, -0.05) is 0 Å². The molecule has 0 aromatic carbocycles. The van der Waals surface area contributed by atoms with Crippen molar-refractivity contribution >= 4 is 11.9 Å². The lowest BCUT2D eigenvalue weighted by atomic mass is 9.72. The topological polar surface area (TPSA) is 66.8 Å². The van der Waals surface area contributed by atoms with E-state index in [9.17, 15) is 14.7 Å². The van der Waals surface area contributed by atoms with E-state index in [1.807, 2.05) is 0 Å². The van der Waals surface area contributed by atoms with Crippen molar-refractivity contribution in [2.45, 2.75) is 38.3 Å². The van der Waals surface area contributed by atoms with Gasteiger partial charge in [-0.15, -0.1) is 0 Å². The van der Waals surface area contributed by atoms with Crippen molar-refractivity contribution in [2.75, 3.05) is 13.7 Å². The van der Waals surface area contributed by atoms with E-state index in [0.717, 1.165) is 0 Å². The first-order valence-electron chi connectivity index (χ1n) is 5.02. The molecule has 0 atom stereocenters. The fourth-order valence-corrected chi connectivity index (χ4v) is 2.20. The van der Waals surface area contributed by atoms with Crippen molar-refractivity contribution in [1.82, 2.24) is 4.90 Å². The molecule has 0 bridgehead atoms. The van der Waals surface area contributed by atoms with Crippen molar-refractivity contribution in [3.05, 3.63) is 0 Å². The Morgan fingerprint density at radius 2 is 2.07 bits per heavy atom. The van der Waals surface area contributed by atoms with Crippen LogP contribution in [0.2, 0.25) is 0 Å². The number of hydrogen-bond donors (Lipinski definition) is 1. The molecule has 1 aliphatic rings. The molecule has 0 unspecified atom stereocenters. The Bertz CT molecular complexity index is 271. The number of likely N-dealkylation sites (N-methyl/N-ethyl adjacent to an activating group) is 1. The minimum Gasteiger partial charge on any atom is -0.479 e. The van der Waals surface area contributed by atoms with E-state index in [1.165, 1.54) is 11.8 Å². The van der Waals surface area contributed by atoms with Gasteiger partial charge in [-0.05, 0) is 6.92 Å². The number of carboxylic acid groups (broad SMARTS) is 1. The average molecular weight is 215 g/mol. The van der Waals surface area contributed by atoms with Crippen LogP contribution in [0.4, 0.5) is 0 Å². The van der Waals surface area contributed by atoms with E-state index in [4.69, 9.17) is 4.74 Å². The first-order chi connectivity index (χ1) is 6.97. The zero-order chi connectivity index (χ0) is 11.6. The van der Waals surface area contributed by atoms with E-state index in [2.05, 4.69) is 0 Å². The molecule has 0 aromatic heterocycles. The number of ether oxygens (including phenoxy) is 1. The Hall–Kier alpha value is -1.10. The summed E-state index contributed by atoms with van der Waals surface area (Å²) in [5.41, 5.74) is -1.04. The fraction of sp³-hybridized carbons (Fsp3) is 0.800. The molecule has 0 aromatic rings. The summed E-state index contributed by atoms with van der Waals surface area (Å²) in [6.45, 7) is 3.60. The van der Waals surface area contributed by atoms with Gasteiger partial charge < -0.3 is 14.7 Å². The van der Waals surface area contributed by atoms with E-state index in [1.54, 1.807) is 14.0 Å². The minimum atomic E-state index is -1.04. The molecule has 0 spiro atoms. The Balaban J connectivity index is 2.84. The third kappa shape index (κ3) is 1.84. The molecule has 1 aliphatic carbocycles. The van der Waals surface area contributed by atoms with E-state index >= 15 is 0 Å². The second kappa shape index (κ2) is 4.18. The first-order valence-corrected chi connectivity index (χ1v) is 5.02. The van der Waals surface area contributed by atoms with Gasteiger partial charge in [-0.25, -0.2) is 4.79 Å². The van der Waals surface area contributed by atoms with Crippen LogP contribution >= 0.6 is 0 Å². The molecule has 1 fully saturated rings. The summed E-state index contributed by atoms with van der Waals surface area (Å²) in [6, 6.07) is 0. The maximum absolute atomic E-state index is 11.3. The third-order valence-corrected chi connectivity index (χ3v) is 3.08. The monoisotopic (exact) mass is 215 g/mol. The molecule has 15 heavy (non-hydrogen) atoms. The normalized spacial score (nSPS) is 29.4. The number of carbonyl (C=O) groups excluding carboxylic acids is 1.